The first kappa shape index (κ1) is 22.1. The molecule has 3 nitrogen and oxygen atoms in total. The maximum Gasteiger partial charge on any atom is 0.420 e. The van der Waals surface area contributed by atoms with Crippen LogP contribution in [0.4, 0.5) is 18.9 Å². The highest BCUT2D eigenvalue weighted by molar-refractivity contribution is 6.31. The molecule has 0 bridgehead atoms. The number of hydrogen-bond donors (Lipinski definition) is 0. The van der Waals surface area contributed by atoms with Crippen molar-refractivity contribution in [1.82, 2.24) is 4.90 Å². The summed E-state index contributed by atoms with van der Waals surface area (Å²) in [6, 6.07) is 7.23. The van der Waals surface area contributed by atoms with E-state index in [9.17, 15) is 13.2 Å². The molecule has 2 aromatic rings. The fraction of sp³-hybridized carbons (Fsp3) is 0.381. The van der Waals surface area contributed by atoms with Crippen molar-refractivity contribution in [2.45, 2.75) is 39.3 Å². The molecule has 0 aliphatic rings. The Morgan fingerprint density at radius 3 is 2.21 bits per heavy atom. The lowest BCUT2D eigenvalue weighted by molar-refractivity contribution is -0.138. The normalized spacial score (nSPS) is 12.5. The SMILES string of the molecule is Cc1cc(Oc2ccc(Cl)c(C(C)(C)C)c2)c(C(F)(F)F)cc1/N=C/N(C)C. The van der Waals surface area contributed by atoms with E-state index < -0.39 is 11.7 Å². The number of halogens is 4. The second kappa shape index (κ2) is 8.03. The van der Waals surface area contributed by atoms with Crippen LogP contribution >= 0.6 is 11.6 Å². The van der Waals surface area contributed by atoms with Crippen LogP contribution in [0.15, 0.2) is 35.3 Å². The Labute approximate surface area is 168 Å². The molecule has 0 spiro atoms. The van der Waals surface area contributed by atoms with Gasteiger partial charge in [0.05, 0.1) is 12.0 Å². The van der Waals surface area contributed by atoms with Crippen molar-refractivity contribution in [2.75, 3.05) is 14.1 Å². The Hall–Kier alpha value is -2.21. The number of aliphatic imine (C=N–C) groups is 1. The molecule has 2 aromatic carbocycles. The highest BCUT2D eigenvalue weighted by atomic mass is 35.5. The number of alkyl halides is 3. The van der Waals surface area contributed by atoms with E-state index >= 15 is 0 Å². The quantitative estimate of drug-likeness (QED) is 0.399. The highest BCUT2D eigenvalue weighted by Gasteiger charge is 2.35. The maximum absolute atomic E-state index is 13.6. The van der Waals surface area contributed by atoms with Crippen molar-refractivity contribution in [3.63, 3.8) is 0 Å². The van der Waals surface area contributed by atoms with Crippen molar-refractivity contribution in [2.24, 2.45) is 4.99 Å². The Kier molecular flexibility index (Phi) is 6.34. The first-order valence-corrected chi connectivity index (χ1v) is 9.07. The van der Waals surface area contributed by atoms with E-state index in [1.54, 1.807) is 44.1 Å². The van der Waals surface area contributed by atoms with Crippen LogP contribution in [0.25, 0.3) is 0 Å². The molecule has 0 aliphatic carbocycles. The predicted molar refractivity (Wildman–Crippen MR) is 108 cm³/mol. The van der Waals surface area contributed by atoms with Gasteiger partial charge in [0.15, 0.2) is 0 Å². The topological polar surface area (TPSA) is 24.8 Å². The fourth-order valence-corrected chi connectivity index (χ4v) is 2.96. The lowest BCUT2D eigenvalue weighted by Crippen LogP contribution is -2.12. The number of nitrogens with zero attached hydrogens (tertiary/aromatic N) is 2. The molecular formula is C21H24ClF3N2O. The van der Waals surface area contributed by atoms with E-state index in [0.29, 0.717) is 16.3 Å². The molecule has 0 fully saturated rings. The zero-order chi connectivity index (χ0) is 21.3. The van der Waals surface area contributed by atoms with Crippen molar-refractivity contribution in [3.05, 3.63) is 52.0 Å². The summed E-state index contributed by atoms with van der Waals surface area (Å²) < 4.78 is 46.5. The van der Waals surface area contributed by atoms with Gasteiger partial charge in [-0.25, -0.2) is 4.99 Å². The largest absolute Gasteiger partial charge is 0.457 e. The Balaban J connectivity index is 2.53. The molecule has 0 unspecified atom stereocenters. The zero-order valence-electron chi connectivity index (χ0n) is 16.8. The molecule has 0 amide bonds. The van der Waals surface area contributed by atoms with E-state index in [2.05, 4.69) is 4.99 Å². The lowest BCUT2D eigenvalue weighted by atomic mass is 9.87. The minimum Gasteiger partial charge on any atom is -0.457 e. The monoisotopic (exact) mass is 412 g/mol. The summed E-state index contributed by atoms with van der Waals surface area (Å²) in [5.74, 6) is 0.0275. The van der Waals surface area contributed by atoms with Gasteiger partial charge in [-0.3, -0.25) is 0 Å². The van der Waals surface area contributed by atoms with Crippen LogP contribution < -0.4 is 4.74 Å². The molecule has 28 heavy (non-hydrogen) atoms. The standard InChI is InChI=1S/C21H24ClF3N2O/c1-13-9-19(16(21(23,24)25)11-18(13)26-12-27(5)6)28-14-7-8-17(22)15(10-14)20(2,3)4/h7-12H,1-6H3/b26-12+. The van der Waals surface area contributed by atoms with Crippen molar-refractivity contribution in [1.29, 1.82) is 0 Å². The van der Waals surface area contributed by atoms with E-state index in [4.69, 9.17) is 16.3 Å². The van der Waals surface area contributed by atoms with Gasteiger partial charge in [-0.2, -0.15) is 13.2 Å². The Bertz CT molecular complexity index is 884. The third-order valence-corrected chi connectivity index (χ3v) is 4.33. The first-order valence-electron chi connectivity index (χ1n) is 8.69. The molecule has 0 radical (unpaired) electrons. The third kappa shape index (κ3) is 5.41. The van der Waals surface area contributed by atoms with Gasteiger partial charge in [-0.05, 0) is 53.8 Å². The van der Waals surface area contributed by atoms with Gasteiger partial charge >= 0.3 is 6.18 Å². The van der Waals surface area contributed by atoms with Gasteiger partial charge in [0.2, 0.25) is 0 Å². The van der Waals surface area contributed by atoms with Crippen LogP contribution in [0.5, 0.6) is 11.5 Å². The summed E-state index contributed by atoms with van der Waals surface area (Å²) in [6.45, 7) is 7.61. The first-order chi connectivity index (χ1) is 12.8. The van der Waals surface area contributed by atoms with E-state index in [1.807, 2.05) is 20.8 Å². The molecule has 0 saturated heterocycles. The highest BCUT2D eigenvalue weighted by Crippen LogP contribution is 2.42. The number of benzene rings is 2. The smallest absolute Gasteiger partial charge is 0.420 e. The van der Waals surface area contributed by atoms with Gasteiger partial charge in [0.25, 0.3) is 0 Å². The molecule has 0 saturated carbocycles. The number of aryl methyl sites for hydroxylation is 1. The van der Waals surface area contributed by atoms with E-state index in [1.165, 1.54) is 12.4 Å². The average molecular weight is 413 g/mol. The van der Waals surface area contributed by atoms with Gasteiger partial charge in [0, 0.05) is 19.1 Å². The van der Waals surface area contributed by atoms with E-state index in [-0.39, 0.29) is 16.9 Å². The van der Waals surface area contributed by atoms with Gasteiger partial charge in [0.1, 0.15) is 17.1 Å². The molecule has 152 valence electrons. The van der Waals surface area contributed by atoms with Crippen LogP contribution in [0, 0.1) is 6.92 Å². The molecule has 7 heteroatoms. The van der Waals surface area contributed by atoms with Crippen LogP contribution in [0.1, 0.15) is 37.5 Å². The minimum atomic E-state index is -4.58. The third-order valence-electron chi connectivity index (χ3n) is 4.00. The van der Waals surface area contributed by atoms with Gasteiger partial charge < -0.3 is 9.64 Å². The van der Waals surface area contributed by atoms with Crippen molar-refractivity contribution >= 4 is 23.6 Å². The second-order valence-electron chi connectivity index (χ2n) is 7.83. The Morgan fingerprint density at radius 1 is 1.04 bits per heavy atom. The van der Waals surface area contributed by atoms with Gasteiger partial charge in [-0.15, -0.1) is 0 Å². The molecule has 0 heterocycles. The number of ether oxygens (including phenoxy) is 1. The minimum absolute atomic E-state index is 0.236. The van der Waals surface area contributed by atoms with Crippen LogP contribution in [-0.4, -0.2) is 25.3 Å². The summed E-state index contributed by atoms with van der Waals surface area (Å²) >= 11 is 6.24. The van der Waals surface area contributed by atoms with E-state index in [0.717, 1.165) is 11.6 Å². The zero-order valence-corrected chi connectivity index (χ0v) is 17.5. The number of hydrogen-bond acceptors (Lipinski definition) is 2. The van der Waals surface area contributed by atoms with Crippen molar-refractivity contribution < 1.29 is 17.9 Å². The van der Waals surface area contributed by atoms with Crippen LogP contribution in [0.2, 0.25) is 5.02 Å². The van der Waals surface area contributed by atoms with Crippen molar-refractivity contribution in [3.8, 4) is 11.5 Å². The molecule has 0 aromatic heterocycles. The predicted octanol–water partition coefficient (Wildman–Crippen LogP) is 6.98. The Morgan fingerprint density at radius 2 is 1.68 bits per heavy atom. The molecule has 0 atom stereocenters. The van der Waals surface area contributed by atoms with Crippen LogP contribution in [-0.2, 0) is 11.6 Å². The summed E-state index contributed by atoms with van der Waals surface area (Å²) in [4.78, 5) is 5.77. The molecular weight excluding hydrogens is 389 g/mol. The fourth-order valence-electron chi connectivity index (χ4n) is 2.56. The summed E-state index contributed by atoms with van der Waals surface area (Å²) in [7, 11) is 3.49. The summed E-state index contributed by atoms with van der Waals surface area (Å²) in [5.41, 5.74) is 0.454. The number of rotatable bonds is 4. The van der Waals surface area contributed by atoms with Gasteiger partial charge in [-0.1, -0.05) is 32.4 Å². The molecule has 0 N–H and O–H groups in total. The lowest BCUT2D eigenvalue weighted by Gasteiger charge is -2.22. The average Bonchev–Trinajstić information content (AvgIpc) is 2.53. The molecule has 2 rings (SSSR count). The maximum atomic E-state index is 13.6. The molecule has 0 aliphatic heterocycles. The van der Waals surface area contributed by atoms with Crippen LogP contribution in [0.3, 0.4) is 0 Å². The summed E-state index contributed by atoms with van der Waals surface area (Å²) in [6.07, 6.45) is -3.12. The summed E-state index contributed by atoms with van der Waals surface area (Å²) in [5, 5.41) is 0.542. The second-order valence-corrected chi connectivity index (χ2v) is 8.24.